The summed E-state index contributed by atoms with van der Waals surface area (Å²) in [6.07, 6.45) is 1.01. The second-order valence-corrected chi connectivity index (χ2v) is 5.08. The molecule has 0 bridgehead atoms. The van der Waals surface area contributed by atoms with E-state index in [4.69, 9.17) is 9.84 Å². The molecule has 108 valence electrons. The predicted molar refractivity (Wildman–Crippen MR) is 73.1 cm³/mol. The van der Waals surface area contributed by atoms with Crippen molar-refractivity contribution in [3.63, 3.8) is 0 Å². The molecule has 1 aromatic rings. The summed E-state index contributed by atoms with van der Waals surface area (Å²) in [5, 5.41) is 11.8. The third-order valence-electron chi connectivity index (χ3n) is 3.42. The number of nitrogens with one attached hydrogen (secondary N) is 1. The van der Waals surface area contributed by atoms with Crippen molar-refractivity contribution in [2.24, 2.45) is 0 Å². The molecule has 1 heterocycles. The average molecular weight is 277 g/mol. The van der Waals surface area contributed by atoms with Crippen molar-refractivity contribution >= 4 is 11.9 Å². The lowest BCUT2D eigenvalue weighted by Gasteiger charge is -2.20. The van der Waals surface area contributed by atoms with Crippen molar-refractivity contribution in [2.45, 2.75) is 44.4 Å². The summed E-state index contributed by atoms with van der Waals surface area (Å²) in [5.41, 5.74) is 0.786. The number of rotatable bonds is 5. The minimum Gasteiger partial charge on any atom is -0.481 e. The van der Waals surface area contributed by atoms with Crippen LogP contribution in [0, 0.1) is 0 Å². The van der Waals surface area contributed by atoms with E-state index in [-0.39, 0.29) is 18.4 Å². The van der Waals surface area contributed by atoms with Gasteiger partial charge in [-0.25, -0.2) is 0 Å². The highest BCUT2D eigenvalue weighted by atomic mass is 16.5. The van der Waals surface area contributed by atoms with E-state index < -0.39 is 18.1 Å². The Morgan fingerprint density at radius 3 is 2.60 bits per heavy atom. The summed E-state index contributed by atoms with van der Waals surface area (Å²) >= 11 is 0. The number of amides is 1. The number of aliphatic carboxylic acids is 1. The van der Waals surface area contributed by atoms with E-state index in [1.165, 1.54) is 0 Å². The Hall–Kier alpha value is -1.88. The molecule has 0 spiro atoms. The number of ether oxygens (including phenoxy) is 1. The number of carboxylic acid groups (broad SMARTS) is 1. The molecule has 2 rings (SSSR count). The van der Waals surface area contributed by atoms with Crippen LogP contribution < -0.4 is 5.32 Å². The van der Waals surface area contributed by atoms with Crippen LogP contribution in [0.2, 0.25) is 0 Å². The first-order chi connectivity index (χ1) is 9.56. The van der Waals surface area contributed by atoms with Gasteiger partial charge in [0.25, 0.3) is 0 Å². The second-order valence-electron chi connectivity index (χ2n) is 5.08. The molecule has 1 fully saturated rings. The van der Waals surface area contributed by atoms with Gasteiger partial charge in [0.1, 0.15) is 6.10 Å². The van der Waals surface area contributed by atoms with E-state index in [0.29, 0.717) is 6.42 Å². The van der Waals surface area contributed by atoms with Crippen LogP contribution in [0.4, 0.5) is 0 Å². The summed E-state index contributed by atoms with van der Waals surface area (Å²) in [6.45, 7) is 1.93. The highest BCUT2D eigenvalue weighted by molar-refractivity contribution is 5.82. The van der Waals surface area contributed by atoms with E-state index in [9.17, 15) is 9.59 Å². The lowest BCUT2D eigenvalue weighted by molar-refractivity contribution is -0.138. The van der Waals surface area contributed by atoms with Gasteiger partial charge in [0.05, 0.1) is 18.6 Å². The lowest BCUT2D eigenvalue weighted by Crippen LogP contribution is -2.38. The van der Waals surface area contributed by atoms with Crippen LogP contribution in [0.3, 0.4) is 0 Å². The fourth-order valence-electron chi connectivity index (χ4n) is 2.37. The van der Waals surface area contributed by atoms with Gasteiger partial charge in [-0.3, -0.25) is 9.59 Å². The molecule has 1 aromatic carbocycles. The standard InChI is InChI=1S/C15H19NO4/c1-10-7-8-13(20-10)15(19)16-12(9-14(17)18)11-5-3-2-4-6-11/h2-6,10,12-13H,7-9H2,1H3,(H,16,19)(H,17,18)/t10-,12+,13+/m1/s1. The van der Waals surface area contributed by atoms with Crippen LogP contribution in [0.1, 0.15) is 37.8 Å². The zero-order valence-corrected chi connectivity index (χ0v) is 11.4. The first-order valence-corrected chi connectivity index (χ1v) is 6.79. The van der Waals surface area contributed by atoms with Gasteiger partial charge in [0.15, 0.2) is 0 Å². The zero-order chi connectivity index (χ0) is 14.5. The van der Waals surface area contributed by atoms with Crippen molar-refractivity contribution in [3.8, 4) is 0 Å². The molecule has 3 atom stereocenters. The third-order valence-corrected chi connectivity index (χ3v) is 3.42. The van der Waals surface area contributed by atoms with Gasteiger partial charge in [-0.2, -0.15) is 0 Å². The van der Waals surface area contributed by atoms with Crippen molar-refractivity contribution in [1.82, 2.24) is 5.32 Å². The van der Waals surface area contributed by atoms with Gasteiger partial charge in [0, 0.05) is 0 Å². The van der Waals surface area contributed by atoms with Crippen LogP contribution in [-0.2, 0) is 14.3 Å². The number of hydrogen-bond acceptors (Lipinski definition) is 3. The SMILES string of the molecule is C[C@@H]1CC[C@@H](C(=O)N[C@@H](CC(=O)O)c2ccccc2)O1. The van der Waals surface area contributed by atoms with Gasteiger partial charge in [0.2, 0.25) is 5.91 Å². The quantitative estimate of drug-likeness (QED) is 0.861. The molecule has 0 radical (unpaired) electrons. The molecule has 2 N–H and O–H groups in total. The largest absolute Gasteiger partial charge is 0.481 e. The van der Waals surface area contributed by atoms with E-state index >= 15 is 0 Å². The maximum Gasteiger partial charge on any atom is 0.305 e. The first kappa shape index (κ1) is 14.5. The third kappa shape index (κ3) is 3.81. The minimum atomic E-state index is -0.945. The van der Waals surface area contributed by atoms with E-state index in [1.54, 1.807) is 0 Å². The summed E-state index contributed by atoms with van der Waals surface area (Å²) in [6, 6.07) is 8.60. The lowest BCUT2D eigenvalue weighted by atomic mass is 10.0. The van der Waals surface area contributed by atoms with Crippen molar-refractivity contribution in [2.75, 3.05) is 0 Å². The predicted octanol–water partition coefficient (Wildman–Crippen LogP) is 1.89. The number of benzene rings is 1. The molecule has 0 aliphatic carbocycles. The Bertz CT molecular complexity index is 474. The fourth-order valence-corrected chi connectivity index (χ4v) is 2.37. The Morgan fingerprint density at radius 2 is 2.05 bits per heavy atom. The molecular formula is C15H19NO4. The molecule has 20 heavy (non-hydrogen) atoms. The first-order valence-electron chi connectivity index (χ1n) is 6.79. The normalized spacial score (nSPS) is 23.2. The summed E-state index contributed by atoms with van der Waals surface area (Å²) in [5.74, 6) is -1.18. The average Bonchev–Trinajstić information content (AvgIpc) is 2.85. The zero-order valence-electron chi connectivity index (χ0n) is 11.4. The fraction of sp³-hybridized carbons (Fsp3) is 0.467. The van der Waals surface area contributed by atoms with Gasteiger partial charge in [-0.15, -0.1) is 0 Å². The molecule has 1 amide bonds. The number of hydrogen-bond donors (Lipinski definition) is 2. The molecule has 0 saturated carbocycles. The molecule has 5 heteroatoms. The Labute approximate surface area is 117 Å². The van der Waals surface area contributed by atoms with E-state index in [1.807, 2.05) is 37.3 Å². The van der Waals surface area contributed by atoms with E-state index in [0.717, 1.165) is 12.0 Å². The van der Waals surface area contributed by atoms with Crippen LogP contribution in [0.15, 0.2) is 30.3 Å². The molecule has 0 aromatic heterocycles. The highest BCUT2D eigenvalue weighted by Gasteiger charge is 2.30. The molecule has 0 unspecified atom stereocenters. The minimum absolute atomic E-state index is 0.0837. The molecular weight excluding hydrogens is 258 g/mol. The maximum atomic E-state index is 12.1. The highest BCUT2D eigenvalue weighted by Crippen LogP contribution is 2.22. The smallest absolute Gasteiger partial charge is 0.305 e. The van der Waals surface area contributed by atoms with Crippen molar-refractivity contribution in [1.29, 1.82) is 0 Å². The Balaban J connectivity index is 2.04. The van der Waals surface area contributed by atoms with Crippen LogP contribution in [0.5, 0.6) is 0 Å². The number of carbonyl (C=O) groups excluding carboxylic acids is 1. The Kier molecular flexibility index (Phi) is 4.74. The molecule has 1 aliphatic heterocycles. The van der Waals surface area contributed by atoms with E-state index in [2.05, 4.69) is 5.32 Å². The van der Waals surface area contributed by atoms with Crippen LogP contribution >= 0.6 is 0 Å². The van der Waals surface area contributed by atoms with Gasteiger partial charge >= 0.3 is 5.97 Å². The number of carbonyl (C=O) groups is 2. The molecule has 1 saturated heterocycles. The van der Waals surface area contributed by atoms with Gasteiger partial charge < -0.3 is 15.2 Å². The monoisotopic (exact) mass is 277 g/mol. The van der Waals surface area contributed by atoms with Gasteiger partial charge in [-0.05, 0) is 25.3 Å². The van der Waals surface area contributed by atoms with Crippen LogP contribution in [0.25, 0.3) is 0 Å². The van der Waals surface area contributed by atoms with Gasteiger partial charge in [-0.1, -0.05) is 30.3 Å². The molecule has 5 nitrogen and oxygen atoms in total. The molecule has 1 aliphatic rings. The summed E-state index contributed by atoms with van der Waals surface area (Å²) in [7, 11) is 0. The summed E-state index contributed by atoms with van der Waals surface area (Å²) < 4.78 is 5.51. The van der Waals surface area contributed by atoms with Crippen molar-refractivity contribution in [3.05, 3.63) is 35.9 Å². The van der Waals surface area contributed by atoms with Crippen LogP contribution in [-0.4, -0.2) is 29.2 Å². The van der Waals surface area contributed by atoms with Crippen molar-refractivity contribution < 1.29 is 19.4 Å². The summed E-state index contributed by atoms with van der Waals surface area (Å²) in [4.78, 5) is 23.1. The number of carboxylic acids is 1. The maximum absolute atomic E-state index is 12.1. The Morgan fingerprint density at radius 1 is 1.35 bits per heavy atom. The second kappa shape index (κ2) is 6.52. The topological polar surface area (TPSA) is 75.6 Å².